The molecule has 0 heterocycles. The molecule has 1 unspecified atom stereocenters. The van der Waals surface area contributed by atoms with Gasteiger partial charge in [-0.1, -0.05) is 29.3 Å². The lowest BCUT2D eigenvalue weighted by Gasteiger charge is -2.17. The predicted octanol–water partition coefficient (Wildman–Crippen LogP) is 4.75. The van der Waals surface area contributed by atoms with Crippen molar-refractivity contribution < 1.29 is 8.78 Å². The van der Waals surface area contributed by atoms with Gasteiger partial charge in [0.05, 0.1) is 0 Å². The molecule has 0 radical (unpaired) electrons. The van der Waals surface area contributed by atoms with Crippen LogP contribution in [0, 0.1) is 25.5 Å². The highest BCUT2D eigenvalue weighted by atomic mass is 19.2. The van der Waals surface area contributed by atoms with Crippen molar-refractivity contribution in [2.45, 2.75) is 26.8 Å². The average Bonchev–Trinajstić information content (AvgIpc) is 2.32. The summed E-state index contributed by atoms with van der Waals surface area (Å²) in [6.07, 6.45) is 0. The molecule has 0 aromatic heterocycles. The number of hydrogen-bond donors (Lipinski definition) is 1. The van der Waals surface area contributed by atoms with Gasteiger partial charge in [0.25, 0.3) is 0 Å². The summed E-state index contributed by atoms with van der Waals surface area (Å²) in [5, 5.41) is 3.17. The first-order chi connectivity index (χ1) is 8.95. The van der Waals surface area contributed by atoms with Crippen LogP contribution in [0.2, 0.25) is 0 Å². The van der Waals surface area contributed by atoms with E-state index in [1.807, 2.05) is 20.8 Å². The summed E-state index contributed by atoms with van der Waals surface area (Å²) in [4.78, 5) is 0. The van der Waals surface area contributed by atoms with Gasteiger partial charge >= 0.3 is 0 Å². The maximum atomic E-state index is 13.1. The second-order valence-electron chi connectivity index (χ2n) is 4.92. The molecule has 1 nitrogen and oxygen atoms in total. The Morgan fingerprint density at radius 3 is 2.11 bits per heavy atom. The Morgan fingerprint density at radius 1 is 0.895 bits per heavy atom. The van der Waals surface area contributed by atoms with Crippen LogP contribution in [-0.2, 0) is 0 Å². The Morgan fingerprint density at radius 2 is 1.53 bits per heavy atom. The van der Waals surface area contributed by atoms with Crippen molar-refractivity contribution in [1.29, 1.82) is 0 Å². The molecular weight excluding hydrogens is 244 g/mol. The van der Waals surface area contributed by atoms with Gasteiger partial charge in [0.2, 0.25) is 0 Å². The Kier molecular flexibility index (Phi) is 3.84. The third kappa shape index (κ3) is 3.31. The Bertz CT molecular complexity index is 573. The van der Waals surface area contributed by atoms with Crippen molar-refractivity contribution in [3.63, 3.8) is 0 Å². The Labute approximate surface area is 112 Å². The van der Waals surface area contributed by atoms with E-state index < -0.39 is 11.6 Å². The molecule has 2 rings (SSSR count). The van der Waals surface area contributed by atoms with Crippen LogP contribution in [0.4, 0.5) is 14.5 Å². The zero-order valence-corrected chi connectivity index (χ0v) is 11.3. The Balaban J connectivity index is 2.20. The van der Waals surface area contributed by atoms with Crippen LogP contribution in [0.25, 0.3) is 0 Å². The first-order valence-corrected chi connectivity index (χ1v) is 6.25. The average molecular weight is 261 g/mol. The minimum Gasteiger partial charge on any atom is -0.378 e. The van der Waals surface area contributed by atoms with Gasteiger partial charge in [-0.3, -0.25) is 0 Å². The zero-order chi connectivity index (χ0) is 14.0. The van der Waals surface area contributed by atoms with E-state index in [9.17, 15) is 8.78 Å². The van der Waals surface area contributed by atoms with E-state index in [0.717, 1.165) is 11.6 Å². The number of halogens is 2. The first-order valence-electron chi connectivity index (χ1n) is 6.25. The summed E-state index contributed by atoms with van der Waals surface area (Å²) in [7, 11) is 0. The van der Waals surface area contributed by atoms with Crippen molar-refractivity contribution >= 4 is 5.69 Å². The second kappa shape index (κ2) is 5.39. The van der Waals surface area contributed by atoms with Gasteiger partial charge < -0.3 is 5.32 Å². The number of nitrogens with one attached hydrogen (secondary N) is 1. The maximum absolute atomic E-state index is 13.1. The van der Waals surface area contributed by atoms with Crippen LogP contribution in [0.3, 0.4) is 0 Å². The number of rotatable bonds is 3. The minimum atomic E-state index is -0.836. The van der Waals surface area contributed by atoms with Gasteiger partial charge in [-0.15, -0.1) is 0 Å². The molecule has 0 aliphatic heterocycles. The van der Waals surface area contributed by atoms with Gasteiger partial charge in [0, 0.05) is 17.8 Å². The van der Waals surface area contributed by atoms with E-state index in [1.54, 1.807) is 0 Å². The lowest BCUT2D eigenvalue weighted by atomic mass is 10.0. The summed E-state index contributed by atoms with van der Waals surface area (Å²) in [6, 6.07) is 10.2. The number of anilines is 1. The number of benzene rings is 2. The standard InChI is InChI=1S/C16H17F2N/c1-10-6-11(2)8-13(7-10)12(3)19-14-4-5-15(17)16(18)9-14/h4-9,12,19H,1-3H3. The number of aryl methyl sites for hydroxylation is 2. The third-order valence-corrected chi connectivity index (χ3v) is 3.05. The Hall–Kier alpha value is -1.90. The van der Waals surface area contributed by atoms with Gasteiger partial charge in [-0.2, -0.15) is 0 Å². The fourth-order valence-electron chi connectivity index (χ4n) is 2.18. The zero-order valence-electron chi connectivity index (χ0n) is 11.3. The summed E-state index contributed by atoms with van der Waals surface area (Å²) in [6.45, 7) is 6.08. The van der Waals surface area contributed by atoms with Crippen molar-refractivity contribution in [1.82, 2.24) is 0 Å². The first kappa shape index (κ1) is 13.5. The number of hydrogen-bond acceptors (Lipinski definition) is 1. The van der Waals surface area contributed by atoms with Gasteiger partial charge in [0.1, 0.15) is 0 Å². The minimum absolute atomic E-state index is 0.0310. The van der Waals surface area contributed by atoms with Crippen LogP contribution in [0.1, 0.15) is 29.7 Å². The van der Waals surface area contributed by atoms with E-state index in [4.69, 9.17) is 0 Å². The molecule has 3 heteroatoms. The summed E-state index contributed by atoms with van der Waals surface area (Å²) in [5.74, 6) is -1.66. The molecule has 1 atom stereocenters. The summed E-state index contributed by atoms with van der Waals surface area (Å²) >= 11 is 0. The molecule has 0 aliphatic rings. The van der Waals surface area contributed by atoms with Crippen molar-refractivity contribution in [2.75, 3.05) is 5.32 Å². The topological polar surface area (TPSA) is 12.0 Å². The van der Waals surface area contributed by atoms with Crippen LogP contribution >= 0.6 is 0 Å². The third-order valence-electron chi connectivity index (χ3n) is 3.05. The van der Waals surface area contributed by atoms with Crippen LogP contribution in [-0.4, -0.2) is 0 Å². The molecule has 2 aromatic carbocycles. The van der Waals surface area contributed by atoms with Crippen LogP contribution in [0.5, 0.6) is 0 Å². The summed E-state index contributed by atoms with van der Waals surface area (Å²) in [5.41, 5.74) is 4.08. The molecule has 2 aromatic rings. The van der Waals surface area contributed by atoms with E-state index in [1.165, 1.54) is 23.3 Å². The highest BCUT2D eigenvalue weighted by Gasteiger charge is 2.08. The lowest BCUT2D eigenvalue weighted by molar-refractivity contribution is 0.509. The molecule has 0 amide bonds. The fraction of sp³-hybridized carbons (Fsp3) is 0.250. The molecule has 0 saturated carbocycles. The van der Waals surface area contributed by atoms with Crippen LogP contribution in [0.15, 0.2) is 36.4 Å². The predicted molar refractivity (Wildman–Crippen MR) is 74.3 cm³/mol. The SMILES string of the molecule is Cc1cc(C)cc(C(C)Nc2ccc(F)c(F)c2)c1. The van der Waals surface area contributed by atoms with Gasteiger partial charge in [0.15, 0.2) is 11.6 Å². The highest BCUT2D eigenvalue weighted by molar-refractivity contribution is 5.46. The smallest absolute Gasteiger partial charge is 0.160 e. The normalized spacial score (nSPS) is 12.3. The van der Waals surface area contributed by atoms with E-state index in [0.29, 0.717) is 5.69 Å². The van der Waals surface area contributed by atoms with Crippen molar-refractivity contribution in [3.8, 4) is 0 Å². The van der Waals surface area contributed by atoms with Gasteiger partial charge in [-0.25, -0.2) is 8.78 Å². The molecule has 0 fully saturated rings. The molecule has 0 spiro atoms. The van der Waals surface area contributed by atoms with Crippen LogP contribution < -0.4 is 5.32 Å². The molecular formula is C16H17F2N. The van der Waals surface area contributed by atoms with E-state index in [-0.39, 0.29) is 6.04 Å². The van der Waals surface area contributed by atoms with Crippen molar-refractivity contribution in [2.24, 2.45) is 0 Å². The second-order valence-corrected chi connectivity index (χ2v) is 4.92. The lowest BCUT2D eigenvalue weighted by Crippen LogP contribution is -2.07. The molecule has 100 valence electrons. The molecule has 0 bridgehead atoms. The summed E-state index contributed by atoms with van der Waals surface area (Å²) < 4.78 is 26.0. The van der Waals surface area contributed by atoms with Gasteiger partial charge in [-0.05, 0) is 38.5 Å². The molecule has 1 N–H and O–H groups in total. The molecule has 19 heavy (non-hydrogen) atoms. The largest absolute Gasteiger partial charge is 0.378 e. The monoisotopic (exact) mass is 261 g/mol. The molecule has 0 aliphatic carbocycles. The quantitative estimate of drug-likeness (QED) is 0.840. The highest BCUT2D eigenvalue weighted by Crippen LogP contribution is 2.22. The van der Waals surface area contributed by atoms with E-state index in [2.05, 4.69) is 23.5 Å². The maximum Gasteiger partial charge on any atom is 0.160 e. The fourth-order valence-corrected chi connectivity index (χ4v) is 2.18. The van der Waals surface area contributed by atoms with E-state index >= 15 is 0 Å². The van der Waals surface area contributed by atoms with Crippen molar-refractivity contribution in [3.05, 3.63) is 64.7 Å². The molecule has 0 saturated heterocycles.